The van der Waals surface area contributed by atoms with Crippen LogP contribution in [0.4, 0.5) is 16.4 Å². The molecule has 1 amide bonds. The van der Waals surface area contributed by atoms with Crippen molar-refractivity contribution in [2.75, 3.05) is 22.9 Å². The number of carbonyl (C=O) groups excluding carboxylic acids is 1. The zero-order valence-corrected chi connectivity index (χ0v) is 18.1. The van der Waals surface area contributed by atoms with E-state index in [4.69, 9.17) is 11.5 Å². The van der Waals surface area contributed by atoms with E-state index in [0.717, 1.165) is 47.6 Å². The maximum Gasteiger partial charge on any atom is 0.277 e. The zero-order chi connectivity index (χ0) is 21.5. The van der Waals surface area contributed by atoms with Gasteiger partial charge in [-0.15, -0.1) is 0 Å². The Bertz CT molecular complexity index is 1000. The first-order valence-electron chi connectivity index (χ1n) is 10.1. The molecule has 0 aliphatic carbocycles. The first-order valence-corrected chi connectivity index (χ1v) is 10.9. The molecular formula is C22H28N6OS. The average Bonchev–Trinajstić information content (AvgIpc) is 3.14. The quantitative estimate of drug-likeness (QED) is 0.381. The second kappa shape index (κ2) is 10.2. The number of aryl methyl sites for hydroxylation is 1. The van der Waals surface area contributed by atoms with Crippen molar-refractivity contribution < 1.29 is 4.79 Å². The fourth-order valence-electron chi connectivity index (χ4n) is 3.02. The van der Waals surface area contributed by atoms with Crippen LogP contribution in [0.2, 0.25) is 0 Å². The number of thiazole rings is 1. The highest BCUT2D eigenvalue weighted by Gasteiger charge is 2.18. The Kier molecular flexibility index (Phi) is 7.37. The van der Waals surface area contributed by atoms with Crippen LogP contribution < -0.4 is 22.1 Å². The lowest BCUT2D eigenvalue weighted by molar-refractivity contribution is 0.102. The Morgan fingerprint density at radius 1 is 1.27 bits per heavy atom. The van der Waals surface area contributed by atoms with Crippen molar-refractivity contribution in [3.05, 3.63) is 54.0 Å². The molecule has 0 radical (unpaired) electrons. The highest BCUT2D eigenvalue weighted by Crippen LogP contribution is 2.31. The third-order valence-electron chi connectivity index (χ3n) is 4.79. The van der Waals surface area contributed by atoms with Crippen LogP contribution in [0.15, 0.2) is 42.7 Å². The zero-order valence-electron chi connectivity index (χ0n) is 17.3. The predicted octanol–water partition coefficient (Wildman–Crippen LogP) is 4.28. The topological polar surface area (TPSA) is 119 Å². The summed E-state index contributed by atoms with van der Waals surface area (Å²) in [7, 11) is 0. The van der Waals surface area contributed by atoms with Gasteiger partial charge < -0.3 is 22.1 Å². The average molecular weight is 425 g/mol. The molecule has 0 spiro atoms. The molecule has 3 rings (SSSR count). The Hall–Kier alpha value is -2.97. The van der Waals surface area contributed by atoms with Crippen molar-refractivity contribution in [1.82, 2.24) is 9.97 Å². The second-order valence-electron chi connectivity index (χ2n) is 7.21. The van der Waals surface area contributed by atoms with E-state index in [-0.39, 0.29) is 17.6 Å². The summed E-state index contributed by atoms with van der Waals surface area (Å²) in [6.45, 7) is 4.86. The number of anilines is 3. The van der Waals surface area contributed by atoms with Gasteiger partial charge in [0.05, 0.1) is 17.6 Å². The number of amides is 1. The Morgan fingerprint density at radius 2 is 2.10 bits per heavy atom. The molecule has 0 saturated carbocycles. The molecule has 0 aliphatic heterocycles. The Balaban J connectivity index is 1.69. The highest BCUT2D eigenvalue weighted by molar-refractivity contribution is 7.19. The summed E-state index contributed by atoms with van der Waals surface area (Å²) in [4.78, 5) is 21.4. The third kappa shape index (κ3) is 5.55. The maximum absolute atomic E-state index is 12.8. The summed E-state index contributed by atoms with van der Waals surface area (Å²) in [6, 6.07) is 10.0. The molecule has 8 heteroatoms. The van der Waals surface area contributed by atoms with Crippen LogP contribution in [0, 0.1) is 6.92 Å². The van der Waals surface area contributed by atoms with E-state index in [9.17, 15) is 4.79 Å². The summed E-state index contributed by atoms with van der Waals surface area (Å²) >= 11 is 1.30. The number of hydrogen-bond acceptors (Lipinski definition) is 7. The van der Waals surface area contributed by atoms with Gasteiger partial charge in [0.1, 0.15) is 10.0 Å². The van der Waals surface area contributed by atoms with Crippen LogP contribution in [0.5, 0.6) is 0 Å². The molecule has 7 nitrogen and oxygen atoms in total. The molecule has 6 N–H and O–H groups in total. The van der Waals surface area contributed by atoms with Crippen LogP contribution in [-0.4, -0.2) is 28.5 Å². The fourth-order valence-corrected chi connectivity index (χ4v) is 3.84. The van der Waals surface area contributed by atoms with E-state index in [1.165, 1.54) is 11.3 Å². The van der Waals surface area contributed by atoms with Gasteiger partial charge >= 0.3 is 0 Å². The van der Waals surface area contributed by atoms with Crippen molar-refractivity contribution in [2.45, 2.75) is 39.2 Å². The molecule has 0 saturated heterocycles. The van der Waals surface area contributed by atoms with Gasteiger partial charge in [0.25, 0.3) is 5.91 Å². The molecular weight excluding hydrogens is 396 g/mol. The van der Waals surface area contributed by atoms with Crippen LogP contribution in [0.1, 0.15) is 42.2 Å². The lowest BCUT2D eigenvalue weighted by Gasteiger charge is -2.13. The smallest absolute Gasteiger partial charge is 0.277 e. The largest absolute Gasteiger partial charge is 0.389 e. The van der Waals surface area contributed by atoms with Crippen LogP contribution in [0.25, 0.3) is 10.6 Å². The van der Waals surface area contributed by atoms with E-state index in [1.54, 1.807) is 12.4 Å². The first kappa shape index (κ1) is 21.7. The Morgan fingerprint density at radius 3 is 2.87 bits per heavy atom. The number of nitrogens with one attached hydrogen (secondary N) is 2. The van der Waals surface area contributed by atoms with Gasteiger partial charge in [-0.2, -0.15) is 0 Å². The number of nitrogens with zero attached hydrogens (tertiary/aromatic N) is 2. The molecule has 158 valence electrons. The molecule has 1 atom stereocenters. The molecule has 3 aromatic rings. The van der Waals surface area contributed by atoms with Gasteiger partial charge in [0.2, 0.25) is 0 Å². The minimum atomic E-state index is -0.355. The number of benzene rings is 1. The minimum absolute atomic E-state index is 0.221. The van der Waals surface area contributed by atoms with Crippen molar-refractivity contribution in [3.8, 4) is 10.6 Å². The monoisotopic (exact) mass is 424 g/mol. The first-order chi connectivity index (χ1) is 14.5. The summed E-state index contributed by atoms with van der Waals surface area (Å²) in [5.74, 6) is -0.355. The van der Waals surface area contributed by atoms with Gasteiger partial charge in [0, 0.05) is 24.3 Å². The van der Waals surface area contributed by atoms with Crippen molar-refractivity contribution in [1.29, 1.82) is 0 Å². The molecule has 0 aliphatic rings. The summed E-state index contributed by atoms with van der Waals surface area (Å²) in [5, 5.41) is 7.33. The van der Waals surface area contributed by atoms with Crippen molar-refractivity contribution >= 4 is 33.6 Å². The van der Waals surface area contributed by atoms with Crippen molar-refractivity contribution in [2.24, 2.45) is 5.73 Å². The van der Waals surface area contributed by atoms with E-state index < -0.39 is 0 Å². The number of carbonyl (C=O) groups is 1. The van der Waals surface area contributed by atoms with Crippen LogP contribution in [0.3, 0.4) is 0 Å². The van der Waals surface area contributed by atoms with Gasteiger partial charge in [-0.3, -0.25) is 9.78 Å². The predicted molar refractivity (Wildman–Crippen MR) is 125 cm³/mol. The van der Waals surface area contributed by atoms with Gasteiger partial charge in [-0.05, 0) is 38.3 Å². The maximum atomic E-state index is 12.8. The van der Waals surface area contributed by atoms with E-state index >= 15 is 0 Å². The van der Waals surface area contributed by atoms with Crippen LogP contribution in [-0.2, 0) is 0 Å². The molecule has 0 unspecified atom stereocenters. The van der Waals surface area contributed by atoms with Crippen LogP contribution >= 0.6 is 11.3 Å². The molecule has 30 heavy (non-hydrogen) atoms. The minimum Gasteiger partial charge on any atom is -0.389 e. The SMILES string of the molecule is CC[C@@H](N)CCCNc1ccncc1NC(=O)c1nc(-c2cccc(C)c2)sc1N. The summed E-state index contributed by atoms with van der Waals surface area (Å²) < 4.78 is 0. The lowest BCUT2D eigenvalue weighted by Crippen LogP contribution is -2.20. The van der Waals surface area contributed by atoms with E-state index in [1.807, 2.05) is 37.3 Å². The number of nitrogen functional groups attached to an aromatic ring is 1. The molecule has 0 fully saturated rings. The second-order valence-corrected chi connectivity index (χ2v) is 8.24. The molecule has 1 aromatic carbocycles. The standard InChI is InChI=1S/C22H28N6OS/c1-3-16(23)8-5-10-26-17-9-11-25-13-18(17)27-21(29)19-20(24)30-22(28-19)15-7-4-6-14(2)12-15/h4,6-7,9,11-13,16H,3,5,8,10,23-24H2,1-2H3,(H,25,26)(H,27,29)/t16-/m1/s1. The Labute approximate surface area is 180 Å². The van der Waals surface area contributed by atoms with Gasteiger partial charge in [0.15, 0.2) is 5.69 Å². The van der Waals surface area contributed by atoms with E-state index in [0.29, 0.717) is 10.7 Å². The lowest BCUT2D eigenvalue weighted by atomic mass is 10.1. The van der Waals surface area contributed by atoms with Gasteiger partial charge in [-0.25, -0.2) is 4.98 Å². The summed E-state index contributed by atoms with van der Waals surface area (Å²) in [5.41, 5.74) is 15.7. The summed E-state index contributed by atoms with van der Waals surface area (Å²) in [6.07, 6.45) is 6.16. The number of nitrogens with two attached hydrogens (primary N) is 2. The van der Waals surface area contributed by atoms with Gasteiger partial charge in [-0.1, -0.05) is 42.0 Å². The normalized spacial score (nSPS) is 11.8. The van der Waals surface area contributed by atoms with Crippen molar-refractivity contribution in [3.63, 3.8) is 0 Å². The highest BCUT2D eigenvalue weighted by atomic mass is 32.1. The van der Waals surface area contributed by atoms with E-state index in [2.05, 4.69) is 27.5 Å². The molecule has 2 heterocycles. The third-order valence-corrected chi connectivity index (χ3v) is 5.73. The number of rotatable bonds is 9. The molecule has 2 aromatic heterocycles. The molecule has 0 bridgehead atoms. The number of hydrogen-bond donors (Lipinski definition) is 4. The number of pyridine rings is 1. The fraction of sp³-hybridized carbons (Fsp3) is 0.318. The number of aromatic nitrogens is 2.